The molecule has 0 aromatic heterocycles. The first-order chi connectivity index (χ1) is 10.5. The van der Waals surface area contributed by atoms with Crippen LogP contribution in [-0.2, 0) is 11.3 Å². The Bertz CT molecular complexity index is 716. The molecule has 2 aromatic carbocycles. The Kier molecular flexibility index (Phi) is 5.44. The van der Waals surface area contributed by atoms with Crippen molar-refractivity contribution in [2.24, 2.45) is 0 Å². The van der Waals surface area contributed by atoms with Gasteiger partial charge in [0.1, 0.15) is 11.6 Å². The summed E-state index contributed by atoms with van der Waals surface area (Å²) >= 11 is 3.25. The highest BCUT2D eigenvalue weighted by atomic mass is 79.9. The summed E-state index contributed by atoms with van der Waals surface area (Å²) in [4.78, 5) is 13.4. The molecule has 0 bridgehead atoms. The lowest BCUT2D eigenvalue weighted by atomic mass is 10.2. The molecule has 0 aliphatic carbocycles. The number of hydrogen-bond acceptors (Lipinski definition) is 1. The van der Waals surface area contributed by atoms with E-state index in [1.807, 2.05) is 0 Å². The Balaban J connectivity index is 2.07. The molecular formula is C17H14BrF2NO. The maximum atomic E-state index is 13.6. The van der Waals surface area contributed by atoms with Gasteiger partial charge in [0.25, 0.3) is 0 Å². The zero-order chi connectivity index (χ0) is 16.1. The van der Waals surface area contributed by atoms with Crippen LogP contribution in [0.4, 0.5) is 8.78 Å². The molecule has 2 rings (SSSR count). The molecule has 0 fully saturated rings. The van der Waals surface area contributed by atoms with E-state index in [4.69, 9.17) is 0 Å². The van der Waals surface area contributed by atoms with Crippen LogP contribution in [0.1, 0.15) is 11.1 Å². The van der Waals surface area contributed by atoms with E-state index < -0.39 is 5.82 Å². The number of amides is 1. The first kappa shape index (κ1) is 16.4. The van der Waals surface area contributed by atoms with Crippen LogP contribution in [0.25, 0.3) is 6.08 Å². The molecule has 0 unspecified atom stereocenters. The topological polar surface area (TPSA) is 20.3 Å². The van der Waals surface area contributed by atoms with E-state index >= 15 is 0 Å². The molecule has 2 aromatic rings. The van der Waals surface area contributed by atoms with Crippen molar-refractivity contribution in [3.05, 3.63) is 75.8 Å². The van der Waals surface area contributed by atoms with E-state index in [0.29, 0.717) is 11.1 Å². The number of halogens is 3. The van der Waals surface area contributed by atoms with Gasteiger partial charge in [-0.25, -0.2) is 8.78 Å². The summed E-state index contributed by atoms with van der Waals surface area (Å²) in [5.74, 6) is -1.10. The number of hydrogen-bond donors (Lipinski definition) is 0. The largest absolute Gasteiger partial charge is 0.338 e. The Hall–Kier alpha value is -2.01. The van der Waals surface area contributed by atoms with Gasteiger partial charge in [-0.1, -0.05) is 34.1 Å². The monoisotopic (exact) mass is 365 g/mol. The van der Waals surface area contributed by atoms with Gasteiger partial charge in [-0.15, -0.1) is 0 Å². The average molecular weight is 366 g/mol. The molecule has 0 aliphatic heterocycles. The minimum absolute atomic E-state index is 0.150. The highest BCUT2D eigenvalue weighted by molar-refractivity contribution is 9.10. The molecular weight excluding hydrogens is 352 g/mol. The number of carbonyl (C=O) groups is 1. The Labute approximate surface area is 136 Å². The van der Waals surface area contributed by atoms with Crippen LogP contribution in [0.5, 0.6) is 0 Å². The minimum Gasteiger partial charge on any atom is -0.338 e. The average Bonchev–Trinajstić information content (AvgIpc) is 2.50. The molecule has 5 heteroatoms. The lowest BCUT2D eigenvalue weighted by Crippen LogP contribution is -2.24. The summed E-state index contributed by atoms with van der Waals surface area (Å²) in [7, 11) is 1.57. The maximum absolute atomic E-state index is 13.6. The fourth-order valence-electron chi connectivity index (χ4n) is 1.89. The summed E-state index contributed by atoms with van der Waals surface area (Å²) in [5.41, 5.74) is 0.738. The Morgan fingerprint density at radius 1 is 1.18 bits per heavy atom. The van der Waals surface area contributed by atoms with E-state index in [2.05, 4.69) is 15.9 Å². The van der Waals surface area contributed by atoms with Gasteiger partial charge in [-0.3, -0.25) is 4.79 Å². The molecule has 0 saturated heterocycles. The lowest BCUT2D eigenvalue weighted by molar-refractivity contribution is -0.125. The molecule has 22 heavy (non-hydrogen) atoms. The predicted molar refractivity (Wildman–Crippen MR) is 86.0 cm³/mol. The van der Waals surface area contributed by atoms with Crippen molar-refractivity contribution < 1.29 is 13.6 Å². The first-order valence-electron chi connectivity index (χ1n) is 6.59. The molecule has 0 N–H and O–H groups in total. The number of nitrogens with zero attached hydrogens (tertiary/aromatic N) is 1. The molecule has 0 radical (unpaired) electrons. The maximum Gasteiger partial charge on any atom is 0.246 e. The standard InChI is InChI=1S/C17H14BrF2NO/c1-21(11-13-4-2-3-5-15(13)19)17(22)9-6-12-10-14(18)7-8-16(12)20/h2-10H,11H2,1H3. The van der Waals surface area contributed by atoms with Crippen molar-refractivity contribution in [3.63, 3.8) is 0 Å². The zero-order valence-electron chi connectivity index (χ0n) is 11.9. The van der Waals surface area contributed by atoms with Gasteiger partial charge in [0, 0.05) is 35.3 Å². The zero-order valence-corrected chi connectivity index (χ0v) is 13.5. The van der Waals surface area contributed by atoms with Crippen LogP contribution in [0, 0.1) is 11.6 Å². The summed E-state index contributed by atoms with van der Waals surface area (Å²) in [6, 6.07) is 10.8. The molecule has 1 amide bonds. The van der Waals surface area contributed by atoms with Crippen LogP contribution in [0.15, 0.2) is 53.0 Å². The van der Waals surface area contributed by atoms with Crippen LogP contribution >= 0.6 is 15.9 Å². The second-order valence-electron chi connectivity index (χ2n) is 4.78. The number of carbonyl (C=O) groups excluding carboxylic acids is 1. The van der Waals surface area contributed by atoms with E-state index in [1.54, 1.807) is 37.4 Å². The number of benzene rings is 2. The van der Waals surface area contributed by atoms with Crippen LogP contribution < -0.4 is 0 Å². The third-order valence-corrected chi connectivity index (χ3v) is 3.60. The van der Waals surface area contributed by atoms with Crippen molar-refractivity contribution in [3.8, 4) is 0 Å². The van der Waals surface area contributed by atoms with Crippen molar-refractivity contribution >= 4 is 27.9 Å². The molecule has 0 saturated carbocycles. The Morgan fingerprint density at radius 3 is 2.64 bits per heavy atom. The van der Waals surface area contributed by atoms with Gasteiger partial charge in [0.05, 0.1) is 0 Å². The van der Waals surface area contributed by atoms with Crippen molar-refractivity contribution in [2.45, 2.75) is 6.54 Å². The smallest absolute Gasteiger partial charge is 0.246 e. The second-order valence-corrected chi connectivity index (χ2v) is 5.70. The molecule has 2 nitrogen and oxygen atoms in total. The summed E-state index contributed by atoms with van der Waals surface area (Å²) in [5, 5.41) is 0. The van der Waals surface area contributed by atoms with E-state index in [1.165, 1.54) is 29.2 Å². The summed E-state index contributed by atoms with van der Waals surface area (Å²) in [6.45, 7) is 0.150. The summed E-state index contributed by atoms with van der Waals surface area (Å²) < 4.78 is 27.8. The van der Waals surface area contributed by atoms with Gasteiger partial charge < -0.3 is 4.90 Å². The van der Waals surface area contributed by atoms with Crippen LogP contribution in [0.3, 0.4) is 0 Å². The van der Waals surface area contributed by atoms with Gasteiger partial charge in [0.2, 0.25) is 5.91 Å². The summed E-state index contributed by atoms with van der Waals surface area (Å²) in [6.07, 6.45) is 2.67. The molecule has 0 heterocycles. The molecule has 0 aliphatic rings. The molecule has 114 valence electrons. The molecule has 0 atom stereocenters. The number of likely N-dealkylation sites (N-methyl/N-ethyl adjacent to an activating group) is 1. The Morgan fingerprint density at radius 2 is 1.91 bits per heavy atom. The SMILES string of the molecule is CN(Cc1ccccc1F)C(=O)C=Cc1cc(Br)ccc1F. The van der Waals surface area contributed by atoms with Gasteiger partial charge in [0.15, 0.2) is 0 Å². The minimum atomic E-state index is -0.413. The van der Waals surface area contributed by atoms with Gasteiger partial charge >= 0.3 is 0 Å². The van der Waals surface area contributed by atoms with Crippen LogP contribution in [0.2, 0.25) is 0 Å². The third-order valence-electron chi connectivity index (χ3n) is 3.11. The van der Waals surface area contributed by atoms with Gasteiger partial charge in [-0.2, -0.15) is 0 Å². The first-order valence-corrected chi connectivity index (χ1v) is 7.38. The third kappa shape index (κ3) is 4.24. The van der Waals surface area contributed by atoms with Crippen molar-refractivity contribution in [1.29, 1.82) is 0 Å². The van der Waals surface area contributed by atoms with Gasteiger partial charge in [-0.05, 0) is 30.3 Å². The van der Waals surface area contributed by atoms with E-state index in [9.17, 15) is 13.6 Å². The second kappa shape index (κ2) is 7.31. The quantitative estimate of drug-likeness (QED) is 0.735. The fourth-order valence-corrected chi connectivity index (χ4v) is 2.27. The lowest BCUT2D eigenvalue weighted by Gasteiger charge is -2.15. The highest BCUT2D eigenvalue weighted by Gasteiger charge is 2.09. The molecule has 0 spiro atoms. The predicted octanol–water partition coefficient (Wildman–Crippen LogP) is 4.40. The van der Waals surface area contributed by atoms with Crippen molar-refractivity contribution in [1.82, 2.24) is 4.90 Å². The normalized spacial score (nSPS) is 10.9. The highest BCUT2D eigenvalue weighted by Crippen LogP contribution is 2.17. The number of rotatable bonds is 4. The van der Waals surface area contributed by atoms with E-state index in [0.717, 1.165) is 4.47 Å². The fraction of sp³-hybridized carbons (Fsp3) is 0.118. The van der Waals surface area contributed by atoms with Crippen LogP contribution in [-0.4, -0.2) is 17.9 Å². The van der Waals surface area contributed by atoms with E-state index in [-0.39, 0.29) is 18.3 Å². The van der Waals surface area contributed by atoms with Crippen molar-refractivity contribution in [2.75, 3.05) is 7.05 Å².